The standard InChI is InChI=1S/C12H21N3O3/c1-10-8-11(17)15(12(10)18)9-14-4-2-13(3-5-14)6-7-16/h10,16H,2-9H2,1H3. The van der Waals surface area contributed by atoms with Crippen molar-refractivity contribution < 1.29 is 14.7 Å². The van der Waals surface area contributed by atoms with E-state index in [1.54, 1.807) is 6.92 Å². The van der Waals surface area contributed by atoms with E-state index in [1.165, 1.54) is 4.90 Å². The van der Waals surface area contributed by atoms with Crippen molar-refractivity contribution in [3.8, 4) is 0 Å². The van der Waals surface area contributed by atoms with Gasteiger partial charge in [0.05, 0.1) is 13.3 Å². The molecular weight excluding hydrogens is 234 g/mol. The molecule has 2 fully saturated rings. The highest BCUT2D eigenvalue weighted by Gasteiger charge is 2.36. The van der Waals surface area contributed by atoms with Crippen LogP contribution in [0.4, 0.5) is 0 Å². The first-order valence-corrected chi connectivity index (χ1v) is 6.51. The van der Waals surface area contributed by atoms with Crippen molar-refractivity contribution in [3.05, 3.63) is 0 Å². The molecule has 0 spiro atoms. The van der Waals surface area contributed by atoms with E-state index in [0.717, 1.165) is 26.2 Å². The number of hydrogen-bond acceptors (Lipinski definition) is 5. The fraction of sp³-hybridized carbons (Fsp3) is 0.833. The Hall–Kier alpha value is -0.980. The van der Waals surface area contributed by atoms with Crippen molar-refractivity contribution in [2.45, 2.75) is 13.3 Å². The van der Waals surface area contributed by atoms with Gasteiger partial charge in [0.15, 0.2) is 0 Å². The Bertz CT molecular complexity index is 327. The molecule has 2 aliphatic heterocycles. The SMILES string of the molecule is CC1CC(=O)N(CN2CCN(CCO)CC2)C1=O. The van der Waals surface area contributed by atoms with Crippen LogP contribution in [0, 0.1) is 5.92 Å². The molecule has 2 rings (SSSR count). The van der Waals surface area contributed by atoms with E-state index in [4.69, 9.17) is 5.11 Å². The number of hydrogen-bond donors (Lipinski definition) is 1. The maximum absolute atomic E-state index is 11.8. The van der Waals surface area contributed by atoms with Gasteiger partial charge in [-0.2, -0.15) is 0 Å². The fourth-order valence-corrected chi connectivity index (χ4v) is 2.49. The third-order valence-electron chi connectivity index (χ3n) is 3.69. The Morgan fingerprint density at radius 2 is 1.78 bits per heavy atom. The van der Waals surface area contributed by atoms with Gasteiger partial charge in [-0.3, -0.25) is 24.3 Å². The molecule has 18 heavy (non-hydrogen) atoms. The first-order valence-electron chi connectivity index (χ1n) is 6.51. The van der Waals surface area contributed by atoms with Gasteiger partial charge in [0.2, 0.25) is 11.8 Å². The van der Waals surface area contributed by atoms with Crippen LogP contribution in [0.1, 0.15) is 13.3 Å². The molecule has 0 aromatic carbocycles. The maximum Gasteiger partial charge on any atom is 0.233 e. The van der Waals surface area contributed by atoms with Crippen molar-refractivity contribution >= 4 is 11.8 Å². The number of aliphatic hydroxyl groups is 1. The lowest BCUT2D eigenvalue weighted by atomic mass is 10.1. The summed E-state index contributed by atoms with van der Waals surface area (Å²) in [5.41, 5.74) is 0. The molecule has 1 atom stereocenters. The van der Waals surface area contributed by atoms with Crippen molar-refractivity contribution in [1.82, 2.24) is 14.7 Å². The molecule has 2 aliphatic rings. The molecular formula is C12H21N3O3. The molecule has 0 radical (unpaired) electrons. The second-order valence-electron chi connectivity index (χ2n) is 5.09. The summed E-state index contributed by atoms with van der Waals surface area (Å²) < 4.78 is 0. The molecule has 0 bridgehead atoms. The predicted molar refractivity (Wildman–Crippen MR) is 65.6 cm³/mol. The van der Waals surface area contributed by atoms with Crippen LogP contribution in [0.3, 0.4) is 0 Å². The maximum atomic E-state index is 11.8. The summed E-state index contributed by atoms with van der Waals surface area (Å²) >= 11 is 0. The zero-order valence-corrected chi connectivity index (χ0v) is 10.8. The Labute approximate surface area is 107 Å². The minimum Gasteiger partial charge on any atom is -0.395 e. The van der Waals surface area contributed by atoms with Gasteiger partial charge in [-0.15, -0.1) is 0 Å². The monoisotopic (exact) mass is 255 g/mol. The fourth-order valence-electron chi connectivity index (χ4n) is 2.49. The molecule has 0 saturated carbocycles. The van der Waals surface area contributed by atoms with E-state index in [-0.39, 0.29) is 24.3 Å². The topological polar surface area (TPSA) is 64.1 Å². The van der Waals surface area contributed by atoms with Crippen molar-refractivity contribution in [3.63, 3.8) is 0 Å². The summed E-state index contributed by atoms with van der Waals surface area (Å²) in [6.45, 7) is 6.55. The van der Waals surface area contributed by atoms with Gasteiger partial charge in [-0.1, -0.05) is 6.92 Å². The number of β-amino-alcohol motifs (C(OH)–C–C–N with tert-alkyl or cyclic N) is 1. The van der Waals surface area contributed by atoms with Gasteiger partial charge in [-0.05, 0) is 0 Å². The minimum atomic E-state index is -0.159. The number of imide groups is 1. The number of piperazine rings is 1. The van der Waals surface area contributed by atoms with Gasteiger partial charge >= 0.3 is 0 Å². The van der Waals surface area contributed by atoms with E-state index in [1.807, 2.05) is 0 Å². The van der Waals surface area contributed by atoms with E-state index in [2.05, 4.69) is 9.80 Å². The van der Waals surface area contributed by atoms with Crippen LogP contribution in [0.15, 0.2) is 0 Å². The van der Waals surface area contributed by atoms with Gasteiger partial charge < -0.3 is 5.11 Å². The van der Waals surface area contributed by atoms with Crippen molar-refractivity contribution in [1.29, 1.82) is 0 Å². The molecule has 2 amide bonds. The number of likely N-dealkylation sites (tertiary alicyclic amines) is 1. The van der Waals surface area contributed by atoms with Crippen molar-refractivity contribution in [2.75, 3.05) is 46.0 Å². The third kappa shape index (κ3) is 2.88. The highest BCUT2D eigenvalue weighted by molar-refractivity contribution is 6.03. The largest absolute Gasteiger partial charge is 0.395 e. The van der Waals surface area contributed by atoms with E-state index < -0.39 is 0 Å². The number of carbonyl (C=O) groups excluding carboxylic acids is 2. The number of carbonyl (C=O) groups is 2. The second-order valence-corrected chi connectivity index (χ2v) is 5.09. The van der Waals surface area contributed by atoms with Crippen LogP contribution in [0.2, 0.25) is 0 Å². The average Bonchev–Trinajstić information content (AvgIpc) is 2.59. The van der Waals surface area contributed by atoms with E-state index >= 15 is 0 Å². The molecule has 2 heterocycles. The predicted octanol–water partition coefficient (Wildman–Crippen LogP) is -1.05. The lowest BCUT2D eigenvalue weighted by molar-refractivity contribution is -0.142. The number of rotatable bonds is 4. The highest BCUT2D eigenvalue weighted by atomic mass is 16.3. The summed E-state index contributed by atoms with van der Waals surface area (Å²) in [5, 5.41) is 8.86. The van der Waals surface area contributed by atoms with E-state index in [0.29, 0.717) is 19.6 Å². The van der Waals surface area contributed by atoms with Crippen molar-refractivity contribution in [2.24, 2.45) is 5.92 Å². The van der Waals surface area contributed by atoms with Crippen LogP contribution in [-0.2, 0) is 9.59 Å². The van der Waals surface area contributed by atoms with Gasteiger partial charge in [0.25, 0.3) is 0 Å². The summed E-state index contributed by atoms with van der Waals surface area (Å²) in [6, 6.07) is 0. The molecule has 6 nitrogen and oxygen atoms in total. The number of amides is 2. The van der Waals surface area contributed by atoms with Gasteiger partial charge in [0.1, 0.15) is 0 Å². The minimum absolute atomic E-state index is 0.0437. The van der Waals surface area contributed by atoms with Crippen LogP contribution < -0.4 is 0 Å². The molecule has 0 aromatic rings. The molecule has 2 saturated heterocycles. The normalized spacial score (nSPS) is 27.2. The highest BCUT2D eigenvalue weighted by Crippen LogP contribution is 2.19. The first-order chi connectivity index (χ1) is 8.61. The smallest absolute Gasteiger partial charge is 0.233 e. The third-order valence-corrected chi connectivity index (χ3v) is 3.69. The lowest BCUT2D eigenvalue weighted by Gasteiger charge is -2.35. The zero-order chi connectivity index (χ0) is 13.1. The Balaban J connectivity index is 1.81. The Morgan fingerprint density at radius 3 is 2.28 bits per heavy atom. The average molecular weight is 255 g/mol. The number of nitrogens with zero attached hydrogens (tertiary/aromatic N) is 3. The molecule has 0 aliphatic carbocycles. The van der Waals surface area contributed by atoms with Gasteiger partial charge in [0, 0.05) is 45.1 Å². The Morgan fingerprint density at radius 1 is 1.17 bits per heavy atom. The van der Waals surface area contributed by atoms with Crippen LogP contribution in [0.5, 0.6) is 0 Å². The molecule has 1 unspecified atom stereocenters. The summed E-state index contributed by atoms with van der Waals surface area (Å²) in [5.74, 6) is -0.253. The summed E-state index contributed by atoms with van der Waals surface area (Å²) in [4.78, 5) is 29.2. The van der Waals surface area contributed by atoms with Crippen LogP contribution in [0.25, 0.3) is 0 Å². The summed E-state index contributed by atoms with van der Waals surface area (Å²) in [7, 11) is 0. The van der Waals surface area contributed by atoms with Crippen LogP contribution >= 0.6 is 0 Å². The van der Waals surface area contributed by atoms with Crippen LogP contribution in [-0.4, -0.2) is 77.6 Å². The molecule has 6 heteroatoms. The lowest BCUT2D eigenvalue weighted by Crippen LogP contribution is -2.51. The quantitative estimate of drug-likeness (QED) is 0.649. The van der Waals surface area contributed by atoms with E-state index in [9.17, 15) is 9.59 Å². The van der Waals surface area contributed by atoms with Gasteiger partial charge in [-0.25, -0.2) is 0 Å². The molecule has 0 aromatic heterocycles. The first kappa shape index (κ1) is 13.5. The molecule has 102 valence electrons. The summed E-state index contributed by atoms with van der Waals surface area (Å²) in [6.07, 6.45) is 0.351. The zero-order valence-electron chi connectivity index (χ0n) is 10.8. The molecule has 1 N–H and O–H groups in total. The Kier molecular flexibility index (Phi) is 4.31. The number of aliphatic hydroxyl groups excluding tert-OH is 1. The second kappa shape index (κ2) is 5.77.